The molecular weight excluding hydrogens is 220 g/mol. The maximum absolute atomic E-state index is 11.0. The summed E-state index contributed by atoms with van der Waals surface area (Å²) in [5.74, 6) is -0.190. The van der Waals surface area contributed by atoms with E-state index in [0.29, 0.717) is 19.4 Å². The van der Waals surface area contributed by atoms with E-state index in [9.17, 15) is 14.7 Å². The third-order valence-electron chi connectivity index (χ3n) is 3.03. The molecule has 1 aliphatic rings. The van der Waals surface area contributed by atoms with Gasteiger partial charge >= 0.3 is 0 Å². The number of hydrogen-bond donors (Lipinski definition) is 1. The van der Waals surface area contributed by atoms with E-state index in [1.54, 1.807) is 13.0 Å². The van der Waals surface area contributed by atoms with Crippen molar-refractivity contribution in [3.8, 4) is 0 Å². The van der Waals surface area contributed by atoms with E-state index in [-0.39, 0.29) is 23.6 Å². The van der Waals surface area contributed by atoms with Gasteiger partial charge in [-0.25, -0.2) is 0 Å². The topological polar surface area (TPSA) is 63.6 Å². The summed E-state index contributed by atoms with van der Waals surface area (Å²) in [5, 5.41) is 10.3. The van der Waals surface area contributed by atoms with Gasteiger partial charge in [-0.2, -0.15) is 0 Å². The van der Waals surface area contributed by atoms with Gasteiger partial charge < -0.3 is 9.84 Å². The van der Waals surface area contributed by atoms with Gasteiger partial charge in [-0.3, -0.25) is 9.59 Å². The molecule has 0 aromatic rings. The minimum Gasteiger partial charge on any atom is -0.389 e. The average molecular weight is 240 g/mol. The summed E-state index contributed by atoms with van der Waals surface area (Å²) in [6.07, 6.45) is 3.67. The van der Waals surface area contributed by atoms with E-state index in [0.717, 1.165) is 0 Å². The molecule has 3 atom stereocenters. The molecule has 96 valence electrons. The number of Topliss-reactive ketones (excluding diaryl/α,β-unsaturated/α-hetero) is 1. The first kappa shape index (κ1) is 14.1. The van der Waals surface area contributed by atoms with Crippen LogP contribution in [-0.2, 0) is 14.3 Å². The maximum Gasteiger partial charge on any atom is 0.152 e. The molecule has 4 nitrogen and oxygen atoms in total. The van der Waals surface area contributed by atoms with E-state index < -0.39 is 5.60 Å². The highest BCUT2D eigenvalue weighted by Gasteiger charge is 2.38. The van der Waals surface area contributed by atoms with Crippen LogP contribution >= 0.6 is 0 Å². The van der Waals surface area contributed by atoms with Crippen molar-refractivity contribution in [3.63, 3.8) is 0 Å². The summed E-state index contributed by atoms with van der Waals surface area (Å²) < 4.78 is 5.53. The van der Waals surface area contributed by atoms with Crippen LogP contribution in [0.2, 0.25) is 0 Å². The Morgan fingerprint density at radius 2 is 2.12 bits per heavy atom. The molecule has 1 N–H and O–H groups in total. The Labute approximate surface area is 102 Å². The number of rotatable bonds is 4. The Morgan fingerprint density at radius 3 is 2.59 bits per heavy atom. The highest BCUT2D eigenvalue weighted by molar-refractivity contribution is 5.87. The Balaban J connectivity index is 2.63. The quantitative estimate of drug-likeness (QED) is 0.751. The lowest BCUT2D eigenvalue weighted by Gasteiger charge is -2.39. The Bertz CT molecular complexity index is 330. The third-order valence-corrected chi connectivity index (χ3v) is 3.03. The van der Waals surface area contributed by atoms with Crippen LogP contribution in [0.25, 0.3) is 0 Å². The summed E-state index contributed by atoms with van der Waals surface area (Å²) in [7, 11) is 0. The van der Waals surface area contributed by atoms with Crippen LogP contribution in [-0.4, -0.2) is 35.0 Å². The van der Waals surface area contributed by atoms with E-state index in [1.165, 1.54) is 19.9 Å². The first-order valence-electron chi connectivity index (χ1n) is 5.83. The van der Waals surface area contributed by atoms with Crippen LogP contribution < -0.4 is 0 Å². The molecule has 0 saturated carbocycles. The molecule has 1 saturated heterocycles. The molecule has 17 heavy (non-hydrogen) atoms. The highest BCUT2D eigenvalue weighted by Crippen LogP contribution is 2.31. The van der Waals surface area contributed by atoms with E-state index in [4.69, 9.17) is 4.74 Å². The molecule has 1 fully saturated rings. The average Bonchev–Trinajstić information content (AvgIpc) is 2.13. The zero-order valence-corrected chi connectivity index (χ0v) is 10.6. The Morgan fingerprint density at radius 1 is 1.47 bits per heavy atom. The summed E-state index contributed by atoms with van der Waals surface area (Å²) >= 11 is 0. The molecule has 0 aromatic carbocycles. The number of aliphatic hydroxyl groups is 1. The zero-order valence-electron chi connectivity index (χ0n) is 10.6. The number of carbonyl (C=O) groups excluding carboxylic acids is 2. The molecule has 1 rings (SSSR count). The fourth-order valence-corrected chi connectivity index (χ4v) is 2.06. The van der Waals surface area contributed by atoms with Gasteiger partial charge in [0, 0.05) is 18.8 Å². The van der Waals surface area contributed by atoms with Crippen molar-refractivity contribution in [3.05, 3.63) is 12.2 Å². The lowest BCUT2D eigenvalue weighted by molar-refractivity contribution is -0.136. The number of ether oxygens (including phenoxy) is 1. The number of carbonyl (C=O) groups is 2. The van der Waals surface area contributed by atoms with Gasteiger partial charge in [0.15, 0.2) is 5.78 Å². The predicted molar refractivity (Wildman–Crippen MR) is 63.6 cm³/mol. The molecule has 1 heterocycles. The summed E-state index contributed by atoms with van der Waals surface area (Å²) in [4.78, 5) is 21.9. The van der Waals surface area contributed by atoms with Crippen LogP contribution in [0.15, 0.2) is 12.2 Å². The van der Waals surface area contributed by atoms with Gasteiger partial charge in [-0.15, -0.1) is 0 Å². The fourth-order valence-electron chi connectivity index (χ4n) is 2.06. The van der Waals surface area contributed by atoms with Crippen LogP contribution in [0, 0.1) is 5.92 Å². The predicted octanol–water partition coefficient (Wildman–Crippen LogP) is 1.27. The van der Waals surface area contributed by atoms with E-state index >= 15 is 0 Å². The van der Waals surface area contributed by atoms with Gasteiger partial charge in [0.05, 0.1) is 18.3 Å². The SMILES string of the molecule is CC(=O)/C=C/[C@H]1CO[C@H](CC(C)=O)C[C@@]1(C)O. The van der Waals surface area contributed by atoms with Crippen molar-refractivity contribution >= 4 is 11.6 Å². The molecule has 0 spiro atoms. The standard InChI is InChI=1S/C13H20O4/c1-9(14)4-5-11-8-17-12(6-10(2)15)7-13(11,3)16/h4-5,11-12,16H,6-8H2,1-3H3/b5-4+/t11-,12+,13+/m0/s1. The molecule has 0 amide bonds. The lowest BCUT2D eigenvalue weighted by Crippen LogP contribution is -2.46. The molecule has 0 aliphatic carbocycles. The van der Waals surface area contributed by atoms with Crippen LogP contribution in [0.3, 0.4) is 0 Å². The molecule has 1 aliphatic heterocycles. The van der Waals surface area contributed by atoms with Crippen LogP contribution in [0.4, 0.5) is 0 Å². The highest BCUT2D eigenvalue weighted by atomic mass is 16.5. The fraction of sp³-hybridized carbons (Fsp3) is 0.692. The van der Waals surface area contributed by atoms with Gasteiger partial charge in [0.1, 0.15) is 5.78 Å². The number of allylic oxidation sites excluding steroid dienone is 1. The number of ketones is 2. The summed E-state index contributed by atoms with van der Waals surface area (Å²) in [6, 6.07) is 0. The smallest absolute Gasteiger partial charge is 0.152 e. The Hall–Kier alpha value is -1.00. The van der Waals surface area contributed by atoms with Crippen molar-refractivity contribution in [1.82, 2.24) is 0 Å². The van der Waals surface area contributed by atoms with Crippen molar-refractivity contribution in [2.24, 2.45) is 5.92 Å². The van der Waals surface area contributed by atoms with E-state index in [1.807, 2.05) is 0 Å². The van der Waals surface area contributed by atoms with Crippen molar-refractivity contribution in [2.45, 2.75) is 45.3 Å². The van der Waals surface area contributed by atoms with Gasteiger partial charge in [-0.1, -0.05) is 6.08 Å². The molecule has 4 heteroatoms. The van der Waals surface area contributed by atoms with Crippen LogP contribution in [0.1, 0.15) is 33.6 Å². The summed E-state index contributed by atoms with van der Waals surface area (Å²) in [5.41, 5.74) is -0.926. The molecule has 0 radical (unpaired) electrons. The van der Waals surface area contributed by atoms with Crippen molar-refractivity contribution in [2.75, 3.05) is 6.61 Å². The molecule has 0 aromatic heterocycles. The second-order valence-corrected chi connectivity index (χ2v) is 5.00. The minimum absolute atomic E-state index is 0.0494. The van der Waals surface area contributed by atoms with Gasteiger partial charge in [0.25, 0.3) is 0 Å². The maximum atomic E-state index is 11.0. The zero-order chi connectivity index (χ0) is 13.1. The first-order chi connectivity index (χ1) is 7.81. The Kier molecular flexibility index (Phi) is 4.60. The van der Waals surface area contributed by atoms with E-state index in [2.05, 4.69) is 0 Å². The summed E-state index contributed by atoms with van der Waals surface area (Å²) in [6.45, 7) is 5.04. The monoisotopic (exact) mass is 240 g/mol. The second-order valence-electron chi connectivity index (χ2n) is 5.00. The minimum atomic E-state index is -0.926. The second kappa shape index (κ2) is 5.56. The van der Waals surface area contributed by atoms with Crippen molar-refractivity contribution < 1.29 is 19.4 Å². The van der Waals surface area contributed by atoms with Gasteiger partial charge in [0.2, 0.25) is 0 Å². The van der Waals surface area contributed by atoms with Crippen LogP contribution in [0.5, 0.6) is 0 Å². The van der Waals surface area contributed by atoms with Gasteiger partial charge in [-0.05, 0) is 26.8 Å². The molecule has 0 unspecified atom stereocenters. The number of hydrogen-bond acceptors (Lipinski definition) is 4. The molecular formula is C13H20O4. The third kappa shape index (κ3) is 4.40. The first-order valence-corrected chi connectivity index (χ1v) is 5.83. The lowest BCUT2D eigenvalue weighted by atomic mass is 9.81. The normalized spacial score (nSPS) is 33.9. The molecule has 0 bridgehead atoms. The largest absolute Gasteiger partial charge is 0.389 e. The van der Waals surface area contributed by atoms with Crippen molar-refractivity contribution in [1.29, 1.82) is 0 Å².